The molecule has 1 amide bonds. The van der Waals surface area contributed by atoms with E-state index in [-0.39, 0.29) is 11.1 Å². The van der Waals surface area contributed by atoms with Gasteiger partial charge in [-0.3, -0.25) is 0 Å². The van der Waals surface area contributed by atoms with Gasteiger partial charge in [0.25, 0.3) is 0 Å². The van der Waals surface area contributed by atoms with E-state index in [0.29, 0.717) is 37.3 Å². The standard InChI is InChI=1S/C20H25ClN6O2/c1-2-6-14-7-5-8-15(11-14)12-23-20(28)29-10-4-3-9-27-13-24-16-17(22)25-19(21)26-18(16)27/h5,7-8,11,13H,2-4,6,9-10,12H2,1H3,(H,23,28)(H2,22,25,26). The number of rotatable bonds is 9. The molecule has 154 valence electrons. The zero-order valence-electron chi connectivity index (χ0n) is 16.4. The molecule has 9 heteroatoms. The number of nitrogens with zero attached hydrogens (tertiary/aromatic N) is 4. The van der Waals surface area contributed by atoms with Crippen LogP contribution in [0.3, 0.4) is 0 Å². The van der Waals surface area contributed by atoms with Crippen molar-refractivity contribution in [2.24, 2.45) is 0 Å². The lowest BCUT2D eigenvalue weighted by atomic mass is 10.1. The van der Waals surface area contributed by atoms with Crippen molar-refractivity contribution in [3.8, 4) is 0 Å². The molecule has 0 aliphatic heterocycles. The largest absolute Gasteiger partial charge is 0.450 e. The number of nitrogens with one attached hydrogen (secondary N) is 1. The lowest BCUT2D eigenvalue weighted by molar-refractivity contribution is 0.143. The Morgan fingerprint density at radius 2 is 2.10 bits per heavy atom. The Morgan fingerprint density at radius 3 is 2.93 bits per heavy atom. The van der Waals surface area contributed by atoms with Gasteiger partial charge in [0.1, 0.15) is 5.52 Å². The van der Waals surface area contributed by atoms with Crippen molar-refractivity contribution in [2.45, 2.75) is 45.7 Å². The number of ether oxygens (including phenoxy) is 1. The summed E-state index contributed by atoms with van der Waals surface area (Å²) in [5.41, 5.74) is 9.28. The molecule has 0 bridgehead atoms. The second kappa shape index (κ2) is 10.1. The number of imidazole rings is 1. The maximum atomic E-state index is 11.9. The van der Waals surface area contributed by atoms with Crippen molar-refractivity contribution < 1.29 is 9.53 Å². The van der Waals surface area contributed by atoms with Gasteiger partial charge in [-0.05, 0) is 42.0 Å². The van der Waals surface area contributed by atoms with E-state index in [0.717, 1.165) is 24.8 Å². The molecular weight excluding hydrogens is 392 g/mol. The van der Waals surface area contributed by atoms with Gasteiger partial charge in [-0.1, -0.05) is 37.6 Å². The Hall–Kier alpha value is -2.87. The number of hydrogen-bond acceptors (Lipinski definition) is 6. The molecule has 0 aliphatic rings. The molecule has 2 heterocycles. The van der Waals surface area contributed by atoms with Crippen LogP contribution in [0.2, 0.25) is 5.28 Å². The molecule has 0 aliphatic carbocycles. The fraction of sp³-hybridized carbons (Fsp3) is 0.400. The van der Waals surface area contributed by atoms with Crippen LogP contribution in [0.25, 0.3) is 11.2 Å². The van der Waals surface area contributed by atoms with Gasteiger partial charge in [-0.25, -0.2) is 9.78 Å². The molecule has 0 saturated heterocycles. The SMILES string of the molecule is CCCc1cccc(CNC(=O)OCCCCn2cnc3c(N)nc(Cl)nc32)c1. The highest BCUT2D eigenvalue weighted by Gasteiger charge is 2.10. The number of halogens is 1. The highest BCUT2D eigenvalue weighted by atomic mass is 35.5. The average molecular weight is 417 g/mol. The predicted octanol–water partition coefficient (Wildman–Crippen LogP) is 3.72. The minimum atomic E-state index is -0.411. The monoisotopic (exact) mass is 416 g/mol. The molecule has 0 radical (unpaired) electrons. The Morgan fingerprint density at radius 1 is 1.28 bits per heavy atom. The smallest absolute Gasteiger partial charge is 0.407 e. The summed E-state index contributed by atoms with van der Waals surface area (Å²) in [5.74, 6) is 0.263. The Balaban J connectivity index is 1.37. The van der Waals surface area contributed by atoms with E-state index in [1.54, 1.807) is 6.33 Å². The molecule has 8 nitrogen and oxygen atoms in total. The van der Waals surface area contributed by atoms with Crippen LogP contribution in [0.15, 0.2) is 30.6 Å². The third-order valence-electron chi connectivity index (χ3n) is 4.46. The molecule has 3 aromatic rings. The van der Waals surface area contributed by atoms with Crippen LogP contribution in [0.1, 0.15) is 37.3 Å². The first-order valence-corrected chi connectivity index (χ1v) is 10.1. The van der Waals surface area contributed by atoms with Crippen LogP contribution >= 0.6 is 11.6 Å². The summed E-state index contributed by atoms with van der Waals surface area (Å²) in [4.78, 5) is 24.2. The van der Waals surface area contributed by atoms with Crippen LogP contribution in [0, 0.1) is 0 Å². The first kappa shape index (κ1) is 20.9. The summed E-state index contributed by atoms with van der Waals surface area (Å²) in [5, 5.41) is 2.88. The minimum Gasteiger partial charge on any atom is -0.450 e. The van der Waals surface area contributed by atoms with Gasteiger partial charge in [0.15, 0.2) is 11.5 Å². The van der Waals surface area contributed by atoms with Crippen LogP contribution in [-0.4, -0.2) is 32.2 Å². The Labute approximate surface area is 174 Å². The Bertz CT molecular complexity index is 975. The number of aryl methyl sites for hydroxylation is 2. The van der Waals surface area contributed by atoms with E-state index < -0.39 is 6.09 Å². The van der Waals surface area contributed by atoms with Gasteiger partial charge in [0, 0.05) is 13.1 Å². The minimum absolute atomic E-state index is 0.0944. The number of anilines is 1. The zero-order chi connectivity index (χ0) is 20.6. The molecule has 0 fully saturated rings. The van der Waals surface area contributed by atoms with E-state index >= 15 is 0 Å². The summed E-state index contributed by atoms with van der Waals surface area (Å²) in [6.45, 7) is 3.61. The van der Waals surface area contributed by atoms with Crippen molar-refractivity contribution in [3.63, 3.8) is 0 Å². The van der Waals surface area contributed by atoms with E-state index in [1.807, 2.05) is 16.7 Å². The van der Waals surface area contributed by atoms with E-state index in [9.17, 15) is 4.79 Å². The summed E-state index contributed by atoms with van der Waals surface area (Å²) in [7, 11) is 0. The van der Waals surface area contributed by atoms with Gasteiger partial charge in [-0.2, -0.15) is 9.97 Å². The second-order valence-electron chi connectivity index (χ2n) is 6.75. The normalized spacial score (nSPS) is 11.0. The summed E-state index contributed by atoms with van der Waals surface area (Å²) in [6.07, 6.45) is 4.89. The third-order valence-corrected chi connectivity index (χ3v) is 4.63. The van der Waals surface area contributed by atoms with Gasteiger partial charge in [-0.15, -0.1) is 0 Å². The number of fused-ring (bicyclic) bond motifs is 1. The first-order valence-electron chi connectivity index (χ1n) is 9.69. The van der Waals surface area contributed by atoms with Gasteiger partial charge >= 0.3 is 6.09 Å². The van der Waals surface area contributed by atoms with Crippen LogP contribution in [-0.2, 0) is 24.2 Å². The number of nitrogens with two attached hydrogens (primary N) is 1. The van der Waals surface area contributed by atoms with E-state index in [4.69, 9.17) is 22.1 Å². The number of amides is 1. The topological polar surface area (TPSA) is 108 Å². The third kappa shape index (κ3) is 5.80. The lowest BCUT2D eigenvalue weighted by Crippen LogP contribution is -2.24. The number of aromatic nitrogens is 4. The fourth-order valence-electron chi connectivity index (χ4n) is 3.06. The Kier molecular flexibility index (Phi) is 7.24. The quantitative estimate of drug-likeness (QED) is 0.406. The van der Waals surface area contributed by atoms with Crippen molar-refractivity contribution in [3.05, 3.63) is 47.0 Å². The molecule has 0 saturated carbocycles. The molecule has 3 rings (SSSR count). The maximum Gasteiger partial charge on any atom is 0.407 e. The number of unbranched alkanes of at least 4 members (excludes halogenated alkanes) is 1. The average Bonchev–Trinajstić information content (AvgIpc) is 3.10. The molecule has 3 N–H and O–H groups in total. The number of alkyl carbamates (subject to hydrolysis) is 1. The van der Waals surface area contributed by atoms with Gasteiger partial charge in [0.05, 0.1) is 12.9 Å². The van der Waals surface area contributed by atoms with Crippen molar-refractivity contribution in [2.75, 3.05) is 12.3 Å². The fourth-order valence-corrected chi connectivity index (χ4v) is 3.23. The summed E-state index contributed by atoms with van der Waals surface area (Å²) < 4.78 is 7.11. The lowest BCUT2D eigenvalue weighted by Gasteiger charge is -2.09. The van der Waals surface area contributed by atoms with Gasteiger partial charge < -0.3 is 20.4 Å². The van der Waals surface area contributed by atoms with Crippen molar-refractivity contribution >= 4 is 34.7 Å². The number of benzene rings is 1. The molecule has 29 heavy (non-hydrogen) atoms. The molecule has 1 aromatic carbocycles. The molecule has 2 aromatic heterocycles. The van der Waals surface area contributed by atoms with Crippen molar-refractivity contribution in [1.82, 2.24) is 24.8 Å². The van der Waals surface area contributed by atoms with E-state index in [2.05, 4.69) is 39.3 Å². The molecular formula is C20H25ClN6O2. The van der Waals surface area contributed by atoms with Gasteiger partial charge in [0.2, 0.25) is 5.28 Å². The second-order valence-corrected chi connectivity index (χ2v) is 7.09. The van der Waals surface area contributed by atoms with Crippen LogP contribution in [0.4, 0.5) is 10.6 Å². The highest BCUT2D eigenvalue weighted by Crippen LogP contribution is 2.18. The van der Waals surface area contributed by atoms with Crippen LogP contribution in [0.5, 0.6) is 0 Å². The zero-order valence-corrected chi connectivity index (χ0v) is 17.2. The van der Waals surface area contributed by atoms with Crippen LogP contribution < -0.4 is 11.1 Å². The van der Waals surface area contributed by atoms with Crippen molar-refractivity contribution in [1.29, 1.82) is 0 Å². The number of carbonyl (C=O) groups is 1. The molecule has 0 unspecified atom stereocenters. The molecule has 0 spiro atoms. The van der Waals surface area contributed by atoms with E-state index in [1.165, 1.54) is 5.56 Å². The predicted molar refractivity (Wildman–Crippen MR) is 113 cm³/mol. The number of hydrogen-bond donors (Lipinski definition) is 2. The first-order chi connectivity index (χ1) is 14.1. The maximum absolute atomic E-state index is 11.9. The number of nitrogen functional groups attached to an aromatic ring is 1. The molecule has 0 atom stereocenters. The highest BCUT2D eigenvalue weighted by molar-refractivity contribution is 6.28. The number of carbonyl (C=O) groups excluding carboxylic acids is 1. The summed E-state index contributed by atoms with van der Waals surface area (Å²) in [6, 6.07) is 8.22. The summed E-state index contributed by atoms with van der Waals surface area (Å²) >= 11 is 5.86.